The standard InChI is InChI=1S/C20H25NO4S/c1-3-25-19-9-8-18(12-15(19)2)26(23,24)21-14-20(22)11-10-16-6-4-5-7-17(16)13-20/h4-9,12,21-22H,3,10-11,13-14H2,1-2H3. The Morgan fingerprint density at radius 3 is 2.62 bits per heavy atom. The first-order valence-electron chi connectivity index (χ1n) is 8.85. The lowest BCUT2D eigenvalue weighted by molar-refractivity contribution is 0.0317. The number of hydrogen-bond donors (Lipinski definition) is 2. The highest BCUT2D eigenvalue weighted by molar-refractivity contribution is 7.89. The third-order valence-corrected chi connectivity index (χ3v) is 6.24. The van der Waals surface area contributed by atoms with Crippen LogP contribution < -0.4 is 9.46 Å². The van der Waals surface area contributed by atoms with Gasteiger partial charge in [-0.25, -0.2) is 13.1 Å². The Morgan fingerprint density at radius 1 is 1.19 bits per heavy atom. The monoisotopic (exact) mass is 375 g/mol. The predicted octanol–water partition coefficient (Wildman–Crippen LogP) is 2.59. The molecule has 6 heteroatoms. The molecule has 0 fully saturated rings. The van der Waals surface area contributed by atoms with Crippen LogP contribution in [0.15, 0.2) is 47.4 Å². The van der Waals surface area contributed by atoms with Crippen molar-refractivity contribution >= 4 is 10.0 Å². The van der Waals surface area contributed by atoms with Crippen molar-refractivity contribution in [2.75, 3.05) is 13.2 Å². The van der Waals surface area contributed by atoms with E-state index in [9.17, 15) is 13.5 Å². The zero-order valence-electron chi connectivity index (χ0n) is 15.2. The molecular formula is C20H25NO4S. The fourth-order valence-electron chi connectivity index (χ4n) is 3.35. The average Bonchev–Trinajstić information content (AvgIpc) is 2.62. The minimum absolute atomic E-state index is 0.00404. The quantitative estimate of drug-likeness (QED) is 0.814. The number of fused-ring (bicyclic) bond motifs is 1. The first-order chi connectivity index (χ1) is 12.3. The maximum Gasteiger partial charge on any atom is 0.240 e. The van der Waals surface area contributed by atoms with Gasteiger partial charge in [0.05, 0.1) is 17.1 Å². The van der Waals surface area contributed by atoms with Crippen LogP contribution in [0.3, 0.4) is 0 Å². The van der Waals surface area contributed by atoms with E-state index in [-0.39, 0.29) is 11.4 Å². The van der Waals surface area contributed by atoms with Gasteiger partial charge in [0.25, 0.3) is 0 Å². The Hall–Kier alpha value is -1.89. The van der Waals surface area contributed by atoms with Crippen molar-refractivity contribution < 1.29 is 18.3 Å². The Bertz CT molecular complexity index is 894. The number of sulfonamides is 1. The fraction of sp³-hybridized carbons (Fsp3) is 0.400. The van der Waals surface area contributed by atoms with Crippen LogP contribution in [0.2, 0.25) is 0 Å². The molecule has 2 aromatic carbocycles. The third-order valence-electron chi connectivity index (χ3n) is 4.85. The smallest absolute Gasteiger partial charge is 0.240 e. The Labute approximate surface area is 155 Å². The second-order valence-electron chi connectivity index (χ2n) is 6.85. The molecule has 0 aliphatic heterocycles. The topological polar surface area (TPSA) is 75.6 Å². The summed E-state index contributed by atoms with van der Waals surface area (Å²) in [7, 11) is -3.69. The van der Waals surface area contributed by atoms with E-state index >= 15 is 0 Å². The van der Waals surface area contributed by atoms with Crippen molar-refractivity contribution in [2.24, 2.45) is 0 Å². The van der Waals surface area contributed by atoms with E-state index < -0.39 is 15.6 Å². The molecule has 140 valence electrons. The largest absolute Gasteiger partial charge is 0.494 e. The van der Waals surface area contributed by atoms with Crippen LogP contribution in [-0.2, 0) is 22.9 Å². The second kappa shape index (κ2) is 7.39. The second-order valence-corrected chi connectivity index (χ2v) is 8.62. The highest BCUT2D eigenvalue weighted by Crippen LogP contribution is 2.29. The molecule has 0 radical (unpaired) electrons. The molecule has 0 heterocycles. The van der Waals surface area contributed by atoms with Gasteiger partial charge >= 0.3 is 0 Å². The fourth-order valence-corrected chi connectivity index (χ4v) is 4.56. The number of hydrogen-bond acceptors (Lipinski definition) is 4. The van der Waals surface area contributed by atoms with Gasteiger partial charge in [-0.3, -0.25) is 0 Å². The van der Waals surface area contributed by atoms with Gasteiger partial charge in [-0.1, -0.05) is 24.3 Å². The molecule has 1 aliphatic carbocycles. The summed E-state index contributed by atoms with van der Waals surface area (Å²) in [6.45, 7) is 4.22. The Morgan fingerprint density at radius 2 is 1.92 bits per heavy atom. The lowest BCUT2D eigenvalue weighted by atomic mass is 9.80. The van der Waals surface area contributed by atoms with Crippen molar-refractivity contribution in [1.29, 1.82) is 0 Å². The molecule has 0 amide bonds. The number of rotatable bonds is 6. The van der Waals surface area contributed by atoms with Crippen LogP contribution in [0, 0.1) is 6.92 Å². The van der Waals surface area contributed by atoms with E-state index in [2.05, 4.69) is 10.8 Å². The van der Waals surface area contributed by atoms with Crippen LogP contribution in [0.1, 0.15) is 30.0 Å². The van der Waals surface area contributed by atoms with Gasteiger partial charge in [0.1, 0.15) is 5.75 Å². The van der Waals surface area contributed by atoms with Crippen molar-refractivity contribution in [2.45, 2.75) is 43.6 Å². The van der Waals surface area contributed by atoms with Gasteiger partial charge in [0, 0.05) is 13.0 Å². The third kappa shape index (κ3) is 4.09. The molecule has 0 aromatic heterocycles. The first-order valence-corrected chi connectivity index (χ1v) is 10.3. The molecule has 1 aliphatic rings. The number of nitrogens with one attached hydrogen (secondary N) is 1. The van der Waals surface area contributed by atoms with E-state index in [1.165, 1.54) is 11.6 Å². The van der Waals surface area contributed by atoms with E-state index in [1.54, 1.807) is 12.1 Å². The number of benzene rings is 2. The van der Waals surface area contributed by atoms with Gasteiger partial charge in [-0.15, -0.1) is 0 Å². The van der Waals surface area contributed by atoms with Crippen molar-refractivity contribution in [1.82, 2.24) is 4.72 Å². The van der Waals surface area contributed by atoms with E-state index in [1.807, 2.05) is 32.0 Å². The summed E-state index contributed by atoms with van der Waals surface area (Å²) in [6.07, 6.45) is 1.74. The maximum absolute atomic E-state index is 12.6. The number of aliphatic hydroxyl groups is 1. The average molecular weight is 375 g/mol. The molecule has 5 nitrogen and oxygen atoms in total. The Kier molecular flexibility index (Phi) is 5.37. The Balaban J connectivity index is 1.71. The number of ether oxygens (including phenoxy) is 1. The minimum atomic E-state index is -3.69. The van der Waals surface area contributed by atoms with Gasteiger partial charge in [-0.2, -0.15) is 0 Å². The van der Waals surface area contributed by atoms with Crippen molar-refractivity contribution in [3.8, 4) is 5.75 Å². The molecule has 2 aromatic rings. The van der Waals surface area contributed by atoms with Gasteiger partial charge in [-0.05, 0) is 61.6 Å². The molecule has 0 spiro atoms. The molecule has 2 N–H and O–H groups in total. The summed E-state index contributed by atoms with van der Waals surface area (Å²) in [5.41, 5.74) is 2.00. The van der Waals surface area contributed by atoms with Crippen LogP contribution in [-0.4, -0.2) is 32.3 Å². The van der Waals surface area contributed by atoms with E-state index in [0.717, 1.165) is 17.5 Å². The van der Waals surface area contributed by atoms with Crippen LogP contribution in [0.25, 0.3) is 0 Å². The first kappa shape index (κ1) is 18.9. The molecule has 3 rings (SSSR count). The summed E-state index contributed by atoms with van der Waals surface area (Å²) in [5, 5.41) is 10.8. The van der Waals surface area contributed by atoms with Crippen LogP contribution >= 0.6 is 0 Å². The zero-order valence-corrected chi connectivity index (χ0v) is 16.0. The van der Waals surface area contributed by atoms with Gasteiger partial charge in [0.15, 0.2) is 0 Å². The SMILES string of the molecule is CCOc1ccc(S(=O)(=O)NCC2(O)CCc3ccccc3C2)cc1C. The highest BCUT2D eigenvalue weighted by Gasteiger charge is 2.33. The molecule has 26 heavy (non-hydrogen) atoms. The summed E-state index contributed by atoms with van der Waals surface area (Å²) < 4.78 is 33.3. The van der Waals surface area contributed by atoms with Gasteiger partial charge < -0.3 is 9.84 Å². The summed E-state index contributed by atoms with van der Waals surface area (Å²) in [4.78, 5) is 0.179. The van der Waals surface area contributed by atoms with Gasteiger partial charge in [0.2, 0.25) is 10.0 Å². The molecule has 0 bridgehead atoms. The van der Waals surface area contributed by atoms with Crippen LogP contribution in [0.5, 0.6) is 5.75 Å². The lowest BCUT2D eigenvalue weighted by Crippen LogP contribution is -2.46. The van der Waals surface area contributed by atoms with E-state index in [4.69, 9.17) is 4.74 Å². The normalized spacial score (nSPS) is 19.8. The molecule has 0 saturated carbocycles. The van der Waals surface area contributed by atoms with Crippen molar-refractivity contribution in [3.05, 3.63) is 59.2 Å². The van der Waals surface area contributed by atoms with Crippen molar-refractivity contribution in [3.63, 3.8) is 0 Å². The molecule has 1 unspecified atom stereocenters. The summed E-state index contributed by atoms with van der Waals surface area (Å²) in [6, 6.07) is 12.8. The number of aryl methyl sites for hydroxylation is 2. The van der Waals surface area contributed by atoms with E-state index in [0.29, 0.717) is 25.2 Å². The summed E-state index contributed by atoms with van der Waals surface area (Å²) >= 11 is 0. The zero-order chi connectivity index (χ0) is 18.8. The molecule has 0 saturated heterocycles. The summed E-state index contributed by atoms with van der Waals surface area (Å²) in [5.74, 6) is 0.675. The minimum Gasteiger partial charge on any atom is -0.494 e. The van der Waals surface area contributed by atoms with Crippen LogP contribution in [0.4, 0.5) is 0 Å². The molecular weight excluding hydrogens is 350 g/mol. The molecule has 1 atom stereocenters. The highest BCUT2D eigenvalue weighted by atomic mass is 32.2. The maximum atomic E-state index is 12.6. The lowest BCUT2D eigenvalue weighted by Gasteiger charge is -2.33. The predicted molar refractivity (Wildman–Crippen MR) is 101 cm³/mol.